The summed E-state index contributed by atoms with van der Waals surface area (Å²) in [6.07, 6.45) is 3.61. The number of nitrogens with zero attached hydrogens (tertiary/aromatic N) is 2. The van der Waals surface area contributed by atoms with E-state index < -0.39 is 17.3 Å². The van der Waals surface area contributed by atoms with Crippen LogP contribution in [0.4, 0.5) is 10.1 Å². The second kappa shape index (κ2) is 7.01. The van der Waals surface area contributed by atoms with Gasteiger partial charge in [0, 0.05) is 19.1 Å². The number of hydrogen-bond acceptors (Lipinski definition) is 5. The molecular formula is C18H21ClFN3O4. The third-order valence-corrected chi connectivity index (χ3v) is 5.15. The van der Waals surface area contributed by atoms with Crippen molar-refractivity contribution in [2.45, 2.75) is 31.2 Å². The molecule has 1 atom stereocenters. The number of nitrogens with two attached hydrogens (primary N) is 1. The van der Waals surface area contributed by atoms with Crippen molar-refractivity contribution in [2.24, 2.45) is 5.73 Å². The standard InChI is InChI=1S/C18H20FN3O4.ClH/c1-26-16-14-11(9-2-3-9)6-12(18(24)25)17(23)22(14)8-13(19)15(16)21-5-4-10(20)7-21;/h6,8-10H,2-5,7,20H2,1H3,(H,24,25);1H. The van der Waals surface area contributed by atoms with E-state index >= 15 is 0 Å². The summed E-state index contributed by atoms with van der Waals surface area (Å²) < 4.78 is 21.5. The lowest BCUT2D eigenvalue weighted by Gasteiger charge is -2.24. The molecule has 2 fully saturated rings. The van der Waals surface area contributed by atoms with Gasteiger partial charge >= 0.3 is 5.97 Å². The van der Waals surface area contributed by atoms with Crippen LogP contribution in [0, 0.1) is 5.82 Å². The summed E-state index contributed by atoms with van der Waals surface area (Å²) in [5, 5.41) is 9.34. The Kier molecular flexibility index (Phi) is 5.05. The molecule has 1 unspecified atom stereocenters. The van der Waals surface area contributed by atoms with Gasteiger partial charge in [-0.05, 0) is 36.8 Å². The zero-order valence-electron chi connectivity index (χ0n) is 14.8. The van der Waals surface area contributed by atoms with Crippen molar-refractivity contribution in [3.63, 3.8) is 0 Å². The van der Waals surface area contributed by atoms with Crippen LogP contribution in [0.15, 0.2) is 17.1 Å². The van der Waals surface area contributed by atoms with Crippen LogP contribution in [0.5, 0.6) is 5.75 Å². The van der Waals surface area contributed by atoms with E-state index in [0.717, 1.165) is 29.9 Å². The minimum absolute atomic E-state index is 0. The molecule has 27 heavy (non-hydrogen) atoms. The zero-order valence-corrected chi connectivity index (χ0v) is 15.6. The Labute approximate surface area is 160 Å². The normalized spacial score (nSPS) is 19.2. The van der Waals surface area contributed by atoms with E-state index in [1.807, 2.05) is 4.90 Å². The molecule has 2 aromatic heterocycles. The van der Waals surface area contributed by atoms with Crippen molar-refractivity contribution < 1.29 is 19.0 Å². The van der Waals surface area contributed by atoms with E-state index in [4.69, 9.17) is 10.5 Å². The highest BCUT2D eigenvalue weighted by Gasteiger charge is 2.33. The smallest absolute Gasteiger partial charge is 0.341 e. The van der Waals surface area contributed by atoms with Gasteiger partial charge in [-0.1, -0.05) is 0 Å². The van der Waals surface area contributed by atoms with Crippen LogP contribution in [0.3, 0.4) is 0 Å². The van der Waals surface area contributed by atoms with Crippen LogP contribution >= 0.6 is 12.4 Å². The Balaban J connectivity index is 0.00000210. The molecular weight excluding hydrogens is 377 g/mol. The Hall–Kier alpha value is -2.32. The maximum atomic E-state index is 14.9. The average Bonchev–Trinajstić information content (AvgIpc) is 3.35. The molecule has 146 valence electrons. The fourth-order valence-corrected chi connectivity index (χ4v) is 3.75. The highest BCUT2D eigenvalue weighted by atomic mass is 35.5. The van der Waals surface area contributed by atoms with Crippen molar-refractivity contribution in [3.8, 4) is 5.75 Å². The summed E-state index contributed by atoms with van der Waals surface area (Å²) in [4.78, 5) is 25.9. The van der Waals surface area contributed by atoms with E-state index in [1.165, 1.54) is 13.2 Å². The van der Waals surface area contributed by atoms with Crippen molar-refractivity contribution >= 4 is 29.6 Å². The first-order chi connectivity index (χ1) is 12.4. The molecule has 2 aliphatic rings. The van der Waals surface area contributed by atoms with Gasteiger partial charge in [0.2, 0.25) is 0 Å². The number of aromatic nitrogens is 1. The maximum Gasteiger partial charge on any atom is 0.341 e. The third kappa shape index (κ3) is 3.12. The fourth-order valence-electron chi connectivity index (χ4n) is 3.75. The number of anilines is 1. The molecule has 0 radical (unpaired) electrons. The minimum Gasteiger partial charge on any atom is -0.492 e. The molecule has 1 aliphatic heterocycles. The van der Waals surface area contributed by atoms with Crippen LogP contribution < -0.4 is 20.9 Å². The third-order valence-electron chi connectivity index (χ3n) is 5.15. The van der Waals surface area contributed by atoms with Gasteiger partial charge in [0.25, 0.3) is 5.56 Å². The van der Waals surface area contributed by atoms with Gasteiger partial charge in [-0.2, -0.15) is 0 Å². The number of carboxylic acids is 1. The second-order valence-corrected chi connectivity index (χ2v) is 6.97. The zero-order chi connectivity index (χ0) is 18.6. The number of fused-ring (bicyclic) bond motifs is 1. The Morgan fingerprint density at radius 1 is 1.37 bits per heavy atom. The van der Waals surface area contributed by atoms with Crippen molar-refractivity contribution in [1.82, 2.24) is 4.40 Å². The number of halogens is 2. The molecule has 9 heteroatoms. The van der Waals surface area contributed by atoms with Crippen LogP contribution in [0.1, 0.15) is 41.1 Å². The largest absolute Gasteiger partial charge is 0.492 e. The van der Waals surface area contributed by atoms with Gasteiger partial charge in [-0.25, -0.2) is 9.18 Å². The first-order valence-electron chi connectivity index (χ1n) is 8.62. The predicted octanol–water partition coefficient (Wildman–Crippen LogP) is 1.98. The van der Waals surface area contributed by atoms with E-state index in [2.05, 4.69) is 0 Å². The fraction of sp³-hybridized carbons (Fsp3) is 0.444. The lowest BCUT2D eigenvalue weighted by Crippen LogP contribution is -2.29. The van der Waals surface area contributed by atoms with Crippen molar-refractivity contribution in [3.05, 3.63) is 39.6 Å². The average molecular weight is 398 g/mol. The molecule has 0 bridgehead atoms. The predicted molar refractivity (Wildman–Crippen MR) is 101 cm³/mol. The summed E-state index contributed by atoms with van der Waals surface area (Å²) >= 11 is 0. The van der Waals surface area contributed by atoms with E-state index in [-0.39, 0.29) is 41.4 Å². The van der Waals surface area contributed by atoms with Gasteiger partial charge in [0.05, 0.1) is 18.8 Å². The monoisotopic (exact) mass is 397 g/mol. The summed E-state index contributed by atoms with van der Waals surface area (Å²) in [5.41, 5.74) is 6.27. The minimum atomic E-state index is -1.32. The molecule has 3 heterocycles. The number of pyridine rings is 2. The summed E-state index contributed by atoms with van der Waals surface area (Å²) in [7, 11) is 1.43. The molecule has 1 saturated carbocycles. The summed E-state index contributed by atoms with van der Waals surface area (Å²) in [6, 6.07) is 1.37. The molecule has 0 spiro atoms. The second-order valence-electron chi connectivity index (χ2n) is 6.97. The molecule has 1 saturated heterocycles. The molecule has 0 amide bonds. The van der Waals surface area contributed by atoms with Gasteiger partial charge in [0.15, 0.2) is 11.6 Å². The molecule has 3 N–H and O–H groups in total. The lowest BCUT2D eigenvalue weighted by molar-refractivity contribution is 0.0694. The molecule has 4 rings (SSSR count). The topological polar surface area (TPSA) is 97.3 Å². The SMILES string of the molecule is COc1c(N2CCC(N)C2)c(F)cn2c(=O)c(C(=O)O)cc(C3CC3)c12.Cl. The van der Waals surface area contributed by atoms with E-state index in [0.29, 0.717) is 24.2 Å². The number of aromatic carboxylic acids is 1. The van der Waals surface area contributed by atoms with Gasteiger partial charge in [-0.15, -0.1) is 12.4 Å². The highest BCUT2D eigenvalue weighted by molar-refractivity contribution is 5.89. The molecule has 0 aromatic carbocycles. The van der Waals surface area contributed by atoms with E-state index in [9.17, 15) is 19.1 Å². The Morgan fingerprint density at radius 2 is 2.07 bits per heavy atom. The molecule has 7 nitrogen and oxygen atoms in total. The number of ether oxygens (including phenoxy) is 1. The van der Waals surface area contributed by atoms with Gasteiger partial charge < -0.3 is 20.5 Å². The maximum absolute atomic E-state index is 14.9. The lowest BCUT2D eigenvalue weighted by atomic mass is 10.0. The van der Waals surface area contributed by atoms with Crippen LogP contribution in [-0.4, -0.2) is 41.7 Å². The first-order valence-corrected chi connectivity index (χ1v) is 8.62. The molecule has 1 aliphatic carbocycles. The summed E-state index contributed by atoms with van der Waals surface area (Å²) in [5.74, 6) is -1.54. The Bertz CT molecular complexity index is 973. The number of rotatable bonds is 4. The van der Waals surface area contributed by atoms with Crippen LogP contribution in [0.2, 0.25) is 0 Å². The summed E-state index contributed by atoms with van der Waals surface area (Å²) in [6.45, 7) is 1.10. The first kappa shape index (κ1) is 19.4. The van der Waals surface area contributed by atoms with Gasteiger partial charge in [0.1, 0.15) is 11.3 Å². The van der Waals surface area contributed by atoms with Crippen molar-refractivity contribution in [2.75, 3.05) is 25.1 Å². The Morgan fingerprint density at radius 3 is 2.59 bits per heavy atom. The number of hydrogen-bond donors (Lipinski definition) is 2. The number of carbonyl (C=O) groups is 1. The van der Waals surface area contributed by atoms with Gasteiger partial charge in [-0.3, -0.25) is 9.20 Å². The number of carboxylic acid groups (broad SMARTS) is 1. The van der Waals surface area contributed by atoms with Crippen LogP contribution in [0.25, 0.3) is 5.52 Å². The van der Waals surface area contributed by atoms with Crippen molar-refractivity contribution in [1.29, 1.82) is 0 Å². The highest BCUT2D eigenvalue weighted by Crippen LogP contribution is 2.46. The van der Waals surface area contributed by atoms with E-state index in [1.54, 1.807) is 0 Å². The quantitative estimate of drug-likeness (QED) is 0.818. The molecule has 2 aromatic rings. The van der Waals surface area contributed by atoms with Crippen LogP contribution in [-0.2, 0) is 0 Å². The number of methoxy groups -OCH3 is 1.